The van der Waals surface area contributed by atoms with Crippen molar-refractivity contribution >= 4 is 35.8 Å². The van der Waals surface area contributed by atoms with Crippen LogP contribution >= 0.6 is 24.0 Å². The first kappa shape index (κ1) is 25.9. The lowest BCUT2D eigenvalue weighted by atomic mass is 9.83. The lowest BCUT2D eigenvalue weighted by molar-refractivity contribution is -0.119. The Bertz CT molecular complexity index is 688. The normalized spacial score (nSPS) is 21.7. The summed E-state index contributed by atoms with van der Waals surface area (Å²) in [4.78, 5) is 21.7. The largest absolute Gasteiger partial charge is 0.383 e. The Balaban J connectivity index is 0.00000341. The maximum absolute atomic E-state index is 12.0. The minimum absolute atomic E-state index is 0. The highest BCUT2D eigenvalue weighted by Gasteiger charge is 2.36. The lowest BCUT2D eigenvalue weighted by Gasteiger charge is -2.48. The van der Waals surface area contributed by atoms with E-state index in [-0.39, 0.29) is 36.4 Å². The number of nitrogens with one attached hydrogen (secondary N) is 2. The predicted molar refractivity (Wildman–Crippen MR) is 136 cm³/mol. The minimum Gasteiger partial charge on any atom is -0.383 e. The number of amides is 1. The molecule has 1 aromatic carbocycles. The number of ether oxygens (including phenoxy) is 1. The molecule has 3 rings (SSSR count). The maximum atomic E-state index is 12.0. The number of methoxy groups -OCH3 is 1. The van der Waals surface area contributed by atoms with Crippen LogP contribution in [0.3, 0.4) is 0 Å². The molecule has 2 fully saturated rings. The molecule has 0 radical (unpaired) electrons. The number of rotatable bonds is 8. The molecule has 2 N–H and O–H groups in total. The van der Waals surface area contributed by atoms with E-state index in [1.54, 1.807) is 7.11 Å². The molecule has 0 bridgehead atoms. The number of hydrogen-bond donors (Lipinski definition) is 2. The van der Waals surface area contributed by atoms with Crippen LogP contribution in [-0.2, 0) is 16.1 Å². The summed E-state index contributed by atoms with van der Waals surface area (Å²) in [6.45, 7) is 8.27. The summed E-state index contributed by atoms with van der Waals surface area (Å²) in [5.41, 5.74) is 1.40. The van der Waals surface area contributed by atoms with Crippen LogP contribution in [0.2, 0.25) is 0 Å². The summed E-state index contributed by atoms with van der Waals surface area (Å²) >= 11 is 0. The standard InChI is InChI=1S/C23H37N5O2.HI/c1-3-24-23(26-16-22(29)25-12-15-30-2)28-14-11-21-20(18-28)10-7-13-27(21)17-19-8-5-4-6-9-19;/h4-6,8-9,20-21H,3,7,10-18H2,1-2H3,(H,24,26)(H,25,29);1H. The molecular formula is C23H38IN5O2. The predicted octanol–water partition coefficient (Wildman–Crippen LogP) is 2.32. The molecule has 7 nitrogen and oxygen atoms in total. The number of fused-ring (bicyclic) bond motifs is 1. The number of nitrogens with zero attached hydrogens (tertiary/aromatic N) is 3. The van der Waals surface area contributed by atoms with Gasteiger partial charge in [-0.05, 0) is 44.2 Å². The second kappa shape index (κ2) is 13.9. The Morgan fingerprint density at radius 3 is 2.74 bits per heavy atom. The second-order valence-electron chi connectivity index (χ2n) is 8.17. The summed E-state index contributed by atoms with van der Waals surface area (Å²) < 4.78 is 4.97. The number of carbonyl (C=O) groups is 1. The van der Waals surface area contributed by atoms with Crippen molar-refractivity contribution in [3.05, 3.63) is 35.9 Å². The Kier molecular flexibility index (Phi) is 11.6. The number of hydrogen-bond acceptors (Lipinski definition) is 4. The van der Waals surface area contributed by atoms with Crippen LogP contribution < -0.4 is 10.6 Å². The molecule has 2 saturated heterocycles. The summed E-state index contributed by atoms with van der Waals surface area (Å²) in [6.07, 6.45) is 3.66. The molecule has 8 heteroatoms. The van der Waals surface area contributed by atoms with E-state index >= 15 is 0 Å². The average Bonchev–Trinajstić information content (AvgIpc) is 2.77. The smallest absolute Gasteiger partial charge is 0.241 e. The van der Waals surface area contributed by atoms with Crippen molar-refractivity contribution in [2.24, 2.45) is 10.9 Å². The van der Waals surface area contributed by atoms with Crippen LogP contribution in [0.1, 0.15) is 31.7 Å². The fourth-order valence-corrected chi connectivity index (χ4v) is 4.63. The first-order chi connectivity index (χ1) is 14.7. The lowest BCUT2D eigenvalue weighted by Crippen LogP contribution is -2.56. The highest BCUT2D eigenvalue weighted by molar-refractivity contribution is 14.0. The monoisotopic (exact) mass is 543 g/mol. The van der Waals surface area contributed by atoms with Gasteiger partial charge in [-0.3, -0.25) is 9.69 Å². The summed E-state index contributed by atoms with van der Waals surface area (Å²) in [5.74, 6) is 1.44. The van der Waals surface area contributed by atoms with Gasteiger partial charge < -0.3 is 20.3 Å². The van der Waals surface area contributed by atoms with Gasteiger partial charge in [0.05, 0.1) is 6.61 Å². The maximum Gasteiger partial charge on any atom is 0.241 e. The minimum atomic E-state index is -0.0657. The van der Waals surface area contributed by atoms with Crippen LogP contribution in [0, 0.1) is 5.92 Å². The molecule has 2 unspecified atom stereocenters. The van der Waals surface area contributed by atoms with Gasteiger partial charge in [-0.15, -0.1) is 24.0 Å². The number of likely N-dealkylation sites (tertiary alicyclic amines) is 2. The molecule has 2 aliphatic heterocycles. The number of benzene rings is 1. The fourth-order valence-electron chi connectivity index (χ4n) is 4.63. The average molecular weight is 543 g/mol. The first-order valence-electron chi connectivity index (χ1n) is 11.3. The van der Waals surface area contributed by atoms with Crippen molar-refractivity contribution in [2.45, 2.75) is 38.8 Å². The van der Waals surface area contributed by atoms with E-state index in [2.05, 4.69) is 62.7 Å². The highest BCUT2D eigenvalue weighted by atomic mass is 127. The molecule has 0 spiro atoms. The number of halogens is 1. The number of aliphatic imine (C=N–C) groups is 1. The van der Waals surface area contributed by atoms with E-state index in [0.29, 0.717) is 25.1 Å². The third-order valence-electron chi connectivity index (χ3n) is 6.05. The van der Waals surface area contributed by atoms with Crippen molar-refractivity contribution in [3.8, 4) is 0 Å². The topological polar surface area (TPSA) is 69.2 Å². The van der Waals surface area contributed by atoms with Crippen molar-refractivity contribution in [1.29, 1.82) is 0 Å². The Hall–Kier alpha value is -1.39. The van der Waals surface area contributed by atoms with E-state index in [9.17, 15) is 4.79 Å². The van der Waals surface area contributed by atoms with Gasteiger partial charge in [0.25, 0.3) is 0 Å². The molecule has 2 aliphatic rings. The number of piperidine rings is 2. The Morgan fingerprint density at radius 2 is 2.00 bits per heavy atom. The van der Waals surface area contributed by atoms with Crippen molar-refractivity contribution in [3.63, 3.8) is 0 Å². The van der Waals surface area contributed by atoms with Crippen molar-refractivity contribution < 1.29 is 9.53 Å². The molecular weight excluding hydrogens is 505 g/mol. The Morgan fingerprint density at radius 1 is 1.19 bits per heavy atom. The number of guanidine groups is 1. The molecule has 1 amide bonds. The van der Waals surface area contributed by atoms with Gasteiger partial charge >= 0.3 is 0 Å². The summed E-state index contributed by atoms with van der Waals surface area (Å²) in [5, 5.41) is 6.21. The summed E-state index contributed by atoms with van der Waals surface area (Å²) in [6, 6.07) is 11.4. The van der Waals surface area contributed by atoms with Crippen LogP contribution in [0.4, 0.5) is 0 Å². The van der Waals surface area contributed by atoms with Gasteiger partial charge in [0.15, 0.2) is 5.96 Å². The second-order valence-corrected chi connectivity index (χ2v) is 8.17. The quantitative estimate of drug-likeness (QED) is 0.228. The molecule has 0 aromatic heterocycles. The zero-order chi connectivity index (χ0) is 21.2. The van der Waals surface area contributed by atoms with E-state index in [4.69, 9.17) is 4.74 Å². The SMILES string of the molecule is CCNC(=NCC(=O)NCCOC)N1CCC2C(CCCN2Cc2ccccc2)C1.I. The molecule has 2 atom stereocenters. The van der Waals surface area contributed by atoms with Crippen molar-refractivity contribution in [1.82, 2.24) is 20.4 Å². The first-order valence-corrected chi connectivity index (χ1v) is 11.3. The van der Waals surface area contributed by atoms with Crippen LogP contribution in [0.25, 0.3) is 0 Å². The third-order valence-corrected chi connectivity index (χ3v) is 6.05. The molecule has 1 aromatic rings. The van der Waals surface area contributed by atoms with E-state index < -0.39 is 0 Å². The highest BCUT2D eigenvalue weighted by Crippen LogP contribution is 2.31. The van der Waals surface area contributed by atoms with E-state index in [1.165, 1.54) is 24.9 Å². The van der Waals surface area contributed by atoms with Gasteiger partial charge in [0.1, 0.15) is 6.54 Å². The van der Waals surface area contributed by atoms with Crippen LogP contribution in [0.5, 0.6) is 0 Å². The van der Waals surface area contributed by atoms with Gasteiger partial charge in [-0.1, -0.05) is 30.3 Å². The third kappa shape index (κ3) is 7.91. The molecule has 31 heavy (non-hydrogen) atoms. The molecule has 2 heterocycles. The zero-order valence-corrected chi connectivity index (χ0v) is 21.2. The van der Waals surface area contributed by atoms with Gasteiger partial charge in [-0.2, -0.15) is 0 Å². The zero-order valence-electron chi connectivity index (χ0n) is 18.9. The molecule has 174 valence electrons. The van der Waals surface area contributed by atoms with Crippen LogP contribution in [-0.4, -0.2) is 80.7 Å². The fraction of sp³-hybridized carbons (Fsp3) is 0.652. The van der Waals surface area contributed by atoms with E-state index in [1.807, 2.05) is 0 Å². The number of carbonyl (C=O) groups excluding carboxylic acids is 1. The summed E-state index contributed by atoms with van der Waals surface area (Å²) in [7, 11) is 1.63. The van der Waals surface area contributed by atoms with Gasteiger partial charge in [-0.25, -0.2) is 4.99 Å². The van der Waals surface area contributed by atoms with Crippen molar-refractivity contribution in [2.75, 3.05) is 53.0 Å². The van der Waals surface area contributed by atoms with Crippen LogP contribution in [0.15, 0.2) is 35.3 Å². The Labute approximate surface area is 204 Å². The van der Waals surface area contributed by atoms with Gasteiger partial charge in [0.2, 0.25) is 5.91 Å². The molecule has 0 aliphatic carbocycles. The van der Waals surface area contributed by atoms with E-state index in [0.717, 1.165) is 38.6 Å². The molecule has 0 saturated carbocycles. The van der Waals surface area contributed by atoms with Gasteiger partial charge in [0, 0.05) is 45.9 Å².